The number of hydrogen-bond acceptors (Lipinski definition) is 4. The van der Waals surface area contributed by atoms with Crippen molar-refractivity contribution in [3.05, 3.63) is 71.1 Å². The minimum absolute atomic E-state index is 0.0754. The molecule has 0 aliphatic heterocycles. The van der Waals surface area contributed by atoms with Gasteiger partial charge in [-0.2, -0.15) is 13.2 Å². The van der Waals surface area contributed by atoms with Gasteiger partial charge in [-0.25, -0.2) is 12.8 Å². The predicted molar refractivity (Wildman–Crippen MR) is 126 cm³/mol. The van der Waals surface area contributed by atoms with Crippen LogP contribution in [0.1, 0.15) is 35.6 Å². The first-order valence-electron chi connectivity index (χ1n) is 10.2. The Morgan fingerprint density at radius 3 is 2.44 bits per heavy atom. The summed E-state index contributed by atoms with van der Waals surface area (Å²) < 4.78 is 78.4. The summed E-state index contributed by atoms with van der Waals surface area (Å²) in [6.45, 7) is 5.78. The van der Waals surface area contributed by atoms with E-state index in [4.69, 9.17) is 0 Å². The highest BCUT2D eigenvalue weighted by molar-refractivity contribution is 7.92. The lowest BCUT2D eigenvalue weighted by molar-refractivity contribution is -0.137. The Hall–Kier alpha value is -3.34. The number of nitrogens with one attached hydrogen (secondary N) is 3. The fraction of sp³-hybridized carbons (Fsp3) is 0.261. The van der Waals surface area contributed by atoms with Gasteiger partial charge in [0.2, 0.25) is 15.9 Å². The van der Waals surface area contributed by atoms with Crippen LogP contribution in [0.4, 0.5) is 28.9 Å². The van der Waals surface area contributed by atoms with Crippen molar-refractivity contribution in [3.8, 4) is 0 Å². The number of halogens is 4. The third kappa shape index (κ3) is 7.91. The summed E-state index contributed by atoms with van der Waals surface area (Å²) >= 11 is 0. The summed E-state index contributed by atoms with van der Waals surface area (Å²) in [5.74, 6) is -1.39. The highest BCUT2D eigenvalue weighted by Gasteiger charge is 2.30. The smallest absolute Gasteiger partial charge is 0.385 e. The molecule has 184 valence electrons. The third-order valence-electron chi connectivity index (χ3n) is 4.51. The van der Waals surface area contributed by atoms with Gasteiger partial charge in [-0.3, -0.25) is 9.52 Å². The van der Waals surface area contributed by atoms with Crippen LogP contribution in [0.5, 0.6) is 0 Å². The summed E-state index contributed by atoms with van der Waals surface area (Å²) in [4.78, 5) is 12.2. The van der Waals surface area contributed by atoms with Crippen LogP contribution in [0, 0.1) is 5.82 Å². The number of anilines is 2. The second kappa shape index (κ2) is 11.2. The van der Waals surface area contributed by atoms with E-state index in [0.29, 0.717) is 24.1 Å². The fourth-order valence-corrected chi connectivity index (χ4v) is 3.53. The second-order valence-electron chi connectivity index (χ2n) is 7.40. The lowest BCUT2D eigenvalue weighted by Crippen LogP contribution is -2.20. The molecule has 34 heavy (non-hydrogen) atoms. The van der Waals surface area contributed by atoms with Gasteiger partial charge in [0.25, 0.3) is 0 Å². The molecule has 11 heteroatoms. The average molecular weight is 500 g/mol. The highest BCUT2D eigenvalue weighted by Crippen LogP contribution is 2.32. The van der Waals surface area contributed by atoms with Crippen LogP contribution >= 0.6 is 0 Å². The van der Waals surface area contributed by atoms with E-state index < -0.39 is 33.5 Å². The number of carbonyl (C=O) groups excluding carboxylic acids is 1. The monoisotopic (exact) mass is 499 g/mol. The van der Waals surface area contributed by atoms with E-state index in [1.807, 2.05) is 6.92 Å². The zero-order valence-electron chi connectivity index (χ0n) is 18.6. The number of rotatable bonds is 10. The van der Waals surface area contributed by atoms with Crippen LogP contribution in [0.25, 0.3) is 12.2 Å². The molecule has 3 N–H and O–H groups in total. The van der Waals surface area contributed by atoms with E-state index >= 15 is 0 Å². The van der Waals surface area contributed by atoms with Gasteiger partial charge in [0.05, 0.1) is 17.5 Å². The molecule has 0 radical (unpaired) electrons. The Balaban J connectivity index is 2.15. The standard InChI is InChI=1S/C23H25F4N3O3S/c1-4-10-28-20-13-18(23(25,26)27)8-6-17(20)7-9-21(31)29-14-15-11-16(5-2)22(19(24)12-15)30-34(3,32)33/h5-9,11-13,28,30H,2,4,10,14H2,1,3H3,(H,29,31)/b9-7-. The number of carbonyl (C=O) groups is 1. The summed E-state index contributed by atoms with van der Waals surface area (Å²) in [5, 5.41) is 5.46. The van der Waals surface area contributed by atoms with Gasteiger partial charge in [0.1, 0.15) is 5.82 Å². The molecule has 0 fully saturated rings. The average Bonchev–Trinajstić information content (AvgIpc) is 2.75. The molecule has 0 saturated carbocycles. The van der Waals surface area contributed by atoms with Gasteiger partial charge in [0.15, 0.2) is 0 Å². The highest BCUT2D eigenvalue weighted by atomic mass is 32.2. The molecular weight excluding hydrogens is 474 g/mol. The van der Waals surface area contributed by atoms with Crippen LogP contribution in [-0.2, 0) is 27.5 Å². The molecule has 2 aromatic carbocycles. The first-order valence-corrected chi connectivity index (χ1v) is 12.1. The number of sulfonamides is 1. The molecule has 0 unspecified atom stereocenters. The molecule has 6 nitrogen and oxygen atoms in total. The van der Waals surface area contributed by atoms with E-state index in [2.05, 4.69) is 21.9 Å². The maximum Gasteiger partial charge on any atom is 0.416 e. The van der Waals surface area contributed by atoms with Crippen molar-refractivity contribution >= 4 is 39.5 Å². The summed E-state index contributed by atoms with van der Waals surface area (Å²) in [6, 6.07) is 5.73. The van der Waals surface area contributed by atoms with Crippen LogP contribution in [0.2, 0.25) is 0 Å². The quantitative estimate of drug-likeness (QED) is 0.317. The zero-order chi connectivity index (χ0) is 25.5. The number of benzene rings is 2. The van der Waals surface area contributed by atoms with Crippen molar-refractivity contribution in [2.24, 2.45) is 0 Å². The summed E-state index contributed by atoms with van der Waals surface area (Å²) in [6.07, 6.45) is 0.902. The van der Waals surface area contributed by atoms with Crippen LogP contribution in [0.15, 0.2) is 43.0 Å². The topological polar surface area (TPSA) is 87.3 Å². The Morgan fingerprint density at radius 2 is 1.85 bits per heavy atom. The fourth-order valence-electron chi connectivity index (χ4n) is 2.95. The van der Waals surface area contributed by atoms with Crippen molar-refractivity contribution in [3.63, 3.8) is 0 Å². The summed E-state index contributed by atoms with van der Waals surface area (Å²) in [5.41, 5.74) is 0.137. The molecule has 0 atom stereocenters. The molecule has 0 aliphatic rings. The Bertz CT molecular complexity index is 1190. The first kappa shape index (κ1) is 26.9. The van der Waals surface area contributed by atoms with Crippen molar-refractivity contribution in [1.82, 2.24) is 5.32 Å². The zero-order valence-corrected chi connectivity index (χ0v) is 19.4. The molecule has 0 aromatic heterocycles. The number of amides is 1. The molecule has 0 heterocycles. The van der Waals surface area contributed by atoms with Gasteiger partial charge in [-0.05, 0) is 47.9 Å². The van der Waals surface area contributed by atoms with Crippen molar-refractivity contribution in [2.45, 2.75) is 26.1 Å². The Kier molecular flexibility index (Phi) is 8.86. The molecule has 2 rings (SSSR count). The van der Waals surface area contributed by atoms with Crippen molar-refractivity contribution < 1.29 is 30.8 Å². The number of alkyl halides is 3. The van der Waals surface area contributed by atoms with Gasteiger partial charge in [0, 0.05) is 30.4 Å². The molecule has 2 aromatic rings. The molecular formula is C23H25F4N3O3S. The van der Waals surface area contributed by atoms with Crippen molar-refractivity contribution in [1.29, 1.82) is 0 Å². The number of hydrogen-bond donors (Lipinski definition) is 3. The molecule has 0 saturated heterocycles. The first-order chi connectivity index (χ1) is 15.8. The molecule has 1 amide bonds. The third-order valence-corrected chi connectivity index (χ3v) is 5.09. The molecule has 0 spiro atoms. The molecule has 0 bridgehead atoms. The van der Waals surface area contributed by atoms with E-state index in [9.17, 15) is 30.8 Å². The largest absolute Gasteiger partial charge is 0.416 e. The SMILES string of the molecule is C=Cc1cc(CNC(=O)/C=C\c2ccc(C(F)(F)F)cc2NCCC)cc(F)c1NS(C)(=O)=O. The Morgan fingerprint density at radius 1 is 1.15 bits per heavy atom. The van der Waals surface area contributed by atoms with Gasteiger partial charge in [-0.15, -0.1) is 0 Å². The maximum atomic E-state index is 14.4. The Labute approximate surface area is 195 Å². The second-order valence-corrected chi connectivity index (χ2v) is 9.15. The van der Waals surface area contributed by atoms with E-state index in [1.165, 1.54) is 24.3 Å². The van der Waals surface area contributed by atoms with E-state index in [-0.39, 0.29) is 23.5 Å². The lowest BCUT2D eigenvalue weighted by Gasteiger charge is -2.13. The van der Waals surface area contributed by atoms with Crippen LogP contribution in [0.3, 0.4) is 0 Å². The normalized spacial score (nSPS) is 11.9. The van der Waals surface area contributed by atoms with Gasteiger partial charge in [-0.1, -0.05) is 25.6 Å². The minimum Gasteiger partial charge on any atom is -0.385 e. The van der Waals surface area contributed by atoms with Crippen LogP contribution in [-0.4, -0.2) is 27.1 Å². The van der Waals surface area contributed by atoms with Gasteiger partial charge >= 0.3 is 6.18 Å². The summed E-state index contributed by atoms with van der Waals surface area (Å²) in [7, 11) is -3.71. The molecule has 0 aliphatic carbocycles. The van der Waals surface area contributed by atoms with E-state index in [1.54, 1.807) is 0 Å². The maximum absolute atomic E-state index is 14.4. The van der Waals surface area contributed by atoms with Gasteiger partial charge < -0.3 is 10.6 Å². The predicted octanol–water partition coefficient (Wildman–Crippen LogP) is 5.01. The minimum atomic E-state index is -4.49. The van der Waals surface area contributed by atoms with E-state index in [0.717, 1.165) is 30.5 Å². The lowest BCUT2D eigenvalue weighted by atomic mass is 10.1. The van der Waals surface area contributed by atoms with Crippen molar-refractivity contribution in [2.75, 3.05) is 22.8 Å². The van der Waals surface area contributed by atoms with Crippen LogP contribution < -0.4 is 15.4 Å².